The average molecular weight is 222 g/mol. The van der Waals surface area contributed by atoms with Crippen molar-refractivity contribution in [3.05, 3.63) is 35.9 Å². The molecule has 0 aromatic heterocycles. The molecule has 16 heavy (non-hydrogen) atoms. The van der Waals surface area contributed by atoms with Gasteiger partial charge in [-0.1, -0.05) is 18.2 Å². The lowest BCUT2D eigenvalue weighted by molar-refractivity contribution is -0.117. The van der Waals surface area contributed by atoms with Gasteiger partial charge in [-0.3, -0.25) is 0 Å². The fraction of sp³-hybridized carbons (Fsp3) is 0.385. The Hall–Kier alpha value is -1.64. The maximum atomic E-state index is 11.7. The number of hydrogen-bond donors (Lipinski definition) is 0. The van der Waals surface area contributed by atoms with Gasteiger partial charge in [-0.15, -0.1) is 0 Å². The number of hydrogen-bond acceptors (Lipinski definition) is 3. The van der Waals surface area contributed by atoms with Crippen LogP contribution in [0.3, 0.4) is 0 Å². The van der Waals surface area contributed by atoms with Crippen molar-refractivity contribution in [2.75, 3.05) is 0 Å². The van der Waals surface area contributed by atoms with E-state index in [0.29, 0.717) is 5.56 Å². The summed E-state index contributed by atoms with van der Waals surface area (Å²) in [6.45, 7) is 2.77. The number of ether oxygens (including phenoxy) is 1. The first-order valence-corrected chi connectivity index (χ1v) is 5.04. The lowest BCUT2D eigenvalue weighted by atomic mass is 10.1. The van der Waals surface area contributed by atoms with Gasteiger partial charge in [-0.2, -0.15) is 0 Å². The number of esters is 1. The lowest BCUT2D eigenvalue weighted by Gasteiger charge is -2.12. The van der Waals surface area contributed by atoms with Gasteiger partial charge < -0.3 is 9.53 Å². The highest BCUT2D eigenvalue weighted by molar-refractivity contribution is 5.89. The van der Waals surface area contributed by atoms with E-state index in [1.165, 1.54) is 13.8 Å². The minimum absolute atomic E-state index is 0.390. The molecule has 1 aromatic rings. The van der Waals surface area contributed by atoms with E-state index in [0.717, 1.165) is 0 Å². The summed E-state index contributed by atoms with van der Waals surface area (Å²) in [7, 11) is 0. The molecule has 3 nitrogen and oxygen atoms in total. The fourth-order valence-corrected chi connectivity index (χ4v) is 1.12. The van der Waals surface area contributed by atoms with Crippen LogP contribution in [0, 0.1) is 0 Å². The molecular formula is C13H16O3. The summed E-state index contributed by atoms with van der Waals surface area (Å²) in [5, 5.41) is 0. The summed E-state index contributed by atoms with van der Waals surface area (Å²) in [5.41, 5.74) is 0.390. The lowest BCUT2D eigenvalue weighted by Crippen LogP contribution is -2.15. The van der Waals surface area contributed by atoms with Gasteiger partial charge >= 0.3 is 5.97 Å². The first-order valence-electron chi connectivity index (χ1n) is 6.20. The van der Waals surface area contributed by atoms with Gasteiger partial charge in [0.25, 0.3) is 0 Å². The predicted octanol–water partition coefficient (Wildman–Crippen LogP) is 2.60. The largest absolute Gasteiger partial charge is 0.459 e. The number of Topliss-reactive ketones (excluding diaryl/α,β-unsaturated/α-hetero) is 1. The van der Waals surface area contributed by atoms with E-state index >= 15 is 0 Å². The van der Waals surface area contributed by atoms with Gasteiger partial charge in [0.15, 0.2) is 0 Å². The first kappa shape index (κ1) is 9.58. The van der Waals surface area contributed by atoms with Gasteiger partial charge in [0.05, 0.1) is 11.7 Å². The predicted molar refractivity (Wildman–Crippen MR) is 61.2 cm³/mol. The Labute approximate surface area is 98.2 Å². The Bertz CT molecular complexity index is 420. The number of rotatable bonds is 5. The molecule has 1 rings (SSSR count). The molecule has 0 saturated heterocycles. The highest BCUT2D eigenvalue weighted by Crippen LogP contribution is 2.07. The zero-order valence-electron chi connectivity index (χ0n) is 11.3. The third-order valence-corrected chi connectivity index (χ3v) is 1.90. The van der Waals surface area contributed by atoms with Crippen molar-refractivity contribution >= 4 is 11.8 Å². The van der Waals surface area contributed by atoms with Crippen LogP contribution in [0.4, 0.5) is 0 Å². The normalized spacial score (nSPS) is 17.6. The molecule has 0 amide bonds. The van der Waals surface area contributed by atoms with Crippen LogP contribution in [0.5, 0.6) is 0 Å². The van der Waals surface area contributed by atoms with Crippen LogP contribution in [0.15, 0.2) is 30.3 Å². The molecule has 0 aliphatic rings. The summed E-state index contributed by atoms with van der Waals surface area (Å²) in [6.07, 6.45) is -3.07. The molecule has 3 heteroatoms. The zero-order valence-corrected chi connectivity index (χ0v) is 9.34. The van der Waals surface area contributed by atoms with Crippen LogP contribution in [0.1, 0.15) is 39.7 Å². The zero-order chi connectivity index (χ0) is 13.7. The molecule has 0 radical (unpaired) electrons. The van der Waals surface area contributed by atoms with E-state index in [4.69, 9.17) is 7.48 Å². The minimum atomic E-state index is -1.19. The van der Waals surface area contributed by atoms with Crippen LogP contribution < -0.4 is 0 Å². The molecule has 0 unspecified atom stereocenters. The van der Waals surface area contributed by atoms with Crippen LogP contribution in [0.25, 0.3) is 0 Å². The second-order valence-corrected chi connectivity index (χ2v) is 3.45. The highest BCUT2D eigenvalue weighted by Gasteiger charge is 2.11. The highest BCUT2D eigenvalue weighted by atomic mass is 16.5. The second kappa shape index (κ2) is 6.05. The molecule has 0 spiro atoms. The Morgan fingerprint density at radius 1 is 1.38 bits per heavy atom. The number of benzene rings is 1. The van der Waals surface area contributed by atoms with Crippen molar-refractivity contribution in [1.82, 2.24) is 0 Å². The van der Waals surface area contributed by atoms with Crippen molar-refractivity contribution in [2.24, 2.45) is 0 Å². The summed E-state index contributed by atoms with van der Waals surface area (Å²) >= 11 is 0. The molecule has 0 heterocycles. The molecule has 1 aromatic carbocycles. The van der Waals surface area contributed by atoms with Crippen LogP contribution in [-0.2, 0) is 9.53 Å². The maximum absolute atomic E-state index is 11.7. The molecule has 3 atom stereocenters. The Balaban J connectivity index is 2.62. The topological polar surface area (TPSA) is 43.4 Å². The molecule has 86 valence electrons. The van der Waals surface area contributed by atoms with Crippen LogP contribution >= 0.6 is 0 Å². The van der Waals surface area contributed by atoms with E-state index in [1.807, 2.05) is 0 Å². The number of carbonyl (C=O) groups is 2. The van der Waals surface area contributed by atoms with E-state index in [2.05, 4.69) is 0 Å². The summed E-state index contributed by atoms with van der Waals surface area (Å²) in [6, 6.07) is 8.42. The fourth-order valence-electron chi connectivity index (χ4n) is 1.12. The average Bonchev–Trinajstić information content (AvgIpc) is 2.37. The van der Waals surface area contributed by atoms with Gasteiger partial charge in [0, 0.05) is 9.14 Å². The van der Waals surface area contributed by atoms with Crippen molar-refractivity contribution in [1.29, 1.82) is 0 Å². The minimum Gasteiger partial charge on any atom is -0.459 e. The van der Waals surface area contributed by atoms with Gasteiger partial charge in [0.1, 0.15) is 5.78 Å². The molecule has 0 aliphatic heterocycles. The molecular weight excluding hydrogens is 204 g/mol. The number of ketones is 1. The molecule has 0 N–H and O–H groups in total. The Morgan fingerprint density at radius 3 is 2.56 bits per heavy atom. The molecule has 0 aliphatic carbocycles. The van der Waals surface area contributed by atoms with Gasteiger partial charge in [-0.25, -0.2) is 4.79 Å². The van der Waals surface area contributed by atoms with E-state index < -0.39 is 30.7 Å². The molecule has 0 saturated carbocycles. The van der Waals surface area contributed by atoms with E-state index in [-0.39, 0.29) is 0 Å². The van der Waals surface area contributed by atoms with Crippen molar-refractivity contribution in [2.45, 2.75) is 32.7 Å². The second-order valence-electron chi connectivity index (χ2n) is 3.45. The molecule has 0 fully saturated rings. The smallest absolute Gasteiger partial charge is 0.338 e. The van der Waals surface area contributed by atoms with Gasteiger partial charge in [-0.05, 0) is 32.4 Å². The standard InChI is InChI=1S/C13H16O3/c1-10(14)8-9-11(2)16-13(15)12-6-4-3-5-7-12/h3-7,11H,8-9H2,1-2H3/t11-/m1/s1/i8D,9D/t8-,9+,11+/m0. The summed E-state index contributed by atoms with van der Waals surface area (Å²) in [4.78, 5) is 22.7. The monoisotopic (exact) mass is 222 g/mol. The van der Waals surface area contributed by atoms with E-state index in [9.17, 15) is 9.59 Å². The van der Waals surface area contributed by atoms with Crippen molar-refractivity contribution in [3.63, 3.8) is 0 Å². The maximum Gasteiger partial charge on any atom is 0.338 e. The first-order chi connectivity index (χ1) is 8.43. The molecule has 0 bridgehead atoms. The third-order valence-electron chi connectivity index (χ3n) is 1.90. The number of carbonyl (C=O) groups excluding carboxylic acids is 2. The van der Waals surface area contributed by atoms with Crippen molar-refractivity contribution in [3.8, 4) is 0 Å². The Kier molecular flexibility index (Phi) is 3.62. The Morgan fingerprint density at radius 2 is 2.00 bits per heavy atom. The van der Waals surface area contributed by atoms with Crippen molar-refractivity contribution < 1.29 is 17.1 Å². The quantitative estimate of drug-likeness (QED) is 0.719. The van der Waals surface area contributed by atoms with Crippen LogP contribution in [0.2, 0.25) is 0 Å². The van der Waals surface area contributed by atoms with E-state index in [1.54, 1.807) is 30.3 Å². The van der Waals surface area contributed by atoms with Crippen LogP contribution in [-0.4, -0.2) is 17.9 Å². The third kappa shape index (κ3) is 4.26. The summed E-state index contributed by atoms with van der Waals surface area (Å²) in [5.74, 6) is -0.950. The summed E-state index contributed by atoms with van der Waals surface area (Å²) < 4.78 is 20.2. The van der Waals surface area contributed by atoms with Gasteiger partial charge in [0.2, 0.25) is 0 Å². The SMILES string of the molecule is [2H][C@H]([C@H]([2H])C(C)=O)[C@@H](C)OC(=O)c1ccccc1.